The van der Waals surface area contributed by atoms with Gasteiger partial charge in [0.2, 0.25) is 0 Å². The number of aryl methyl sites for hydroxylation is 1. The van der Waals surface area contributed by atoms with Gasteiger partial charge in [-0.3, -0.25) is 0 Å². The van der Waals surface area contributed by atoms with Crippen molar-refractivity contribution < 1.29 is 4.52 Å². The first-order chi connectivity index (χ1) is 8.30. The fraction of sp³-hybridized carbons (Fsp3) is 0.500. The van der Waals surface area contributed by atoms with Gasteiger partial charge in [-0.1, -0.05) is 18.0 Å². The Labute approximate surface area is 102 Å². The highest BCUT2D eigenvalue weighted by molar-refractivity contribution is 5.79. The van der Waals surface area contributed by atoms with Crippen molar-refractivity contribution in [3.63, 3.8) is 0 Å². The minimum Gasteiger partial charge on any atom is -0.359 e. The van der Waals surface area contributed by atoms with Gasteiger partial charge >= 0.3 is 0 Å². The minimum absolute atomic E-state index is 0.447. The van der Waals surface area contributed by atoms with E-state index in [9.17, 15) is 0 Å². The summed E-state index contributed by atoms with van der Waals surface area (Å²) in [5.74, 6) is 3.93. The van der Waals surface area contributed by atoms with Gasteiger partial charge in [0.1, 0.15) is 6.54 Å². The van der Waals surface area contributed by atoms with E-state index in [1.54, 1.807) is 0 Å². The molecular formula is C12H18N4O. The molecule has 0 radical (unpaired) electrons. The SMILES string of the molecule is C#CCNC(=NCc1cc(CC)no1)NCC. The zero-order valence-electron chi connectivity index (χ0n) is 10.3. The van der Waals surface area contributed by atoms with E-state index in [0.29, 0.717) is 19.0 Å². The van der Waals surface area contributed by atoms with Gasteiger partial charge in [-0.2, -0.15) is 0 Å². The number of nitrogens with one attached hydrogen (secondary N) is 2. The van der Waals surface area contributed by atoms with E-state index in [2.05, 4.69) is 26.7 Å². The fourth-order valence-electron chi connectivity index (χ4n) is 1.23. The molecule has 0 amide bonds. The highest BCUT2D eigenvalue weighted by Crippen LogP contribution is 2.05. The van der Waals surface area contributed by atoms with Gasteiger partial charge in [-0.25, -0.2) is 4.99 Å². The van der Waals surface area contributed by atoms with E-state index in [4.69, 9.17) is 10.9 Å². The first-order valence-electron chi connectivity index (χ1n) is 5.70. The predicted octanol–water partition coefficient (Wildman–Crippen LogP) is 0.925. The van der Waals surface area contributed by atoms with Crippen molar-refractivity contribution in [2.24, 2.45) is 4.99 Å². The number of guanidine groups is 1. The zero-order chi connectivity index (χ0) is 12.5. The molecule has 0 aromatic carbocycles. The van der Waals surface area contributed by atoms with E-state index >= 15 is 0 Å². The highest BCUT2D eigenvalue weighted by Gasteiger charge is 2.02. The molecule has 0 atom stereocenters. The molecule has 0 bridgehead atoms. The Morgan fingerprint density at radius 2 is 2.35 bits per heavy atom. The van der Waals surface area contributed by atoms with Crippen LogP contribution in [0.4, 0.5) is 0 Å². The van der Waals surface area contributed by atoms with Gasteiger partial charge < -0.3 is 15.2 Å². The third-order valence-electron chi connectivity index (χ3n) is 2.07. The van der Waals surface area contributed by atoms with Crippen LogP contribution < -0.4 is 10.6 Å². The van der Waals surface area contributed by atoms with Crippen molar-refractivity contribution in [3.8, 4) is 12.3 Å². The number of hydrogen-bond acceptors (Lipinski definition) is 3. The van der Waals surface area contributed by atoms with Crippen LogP contribution in [0.25, 0.3) is 0 Å². The average Bonchev–Trinajstić information content (AvgIpc) is 2.80. The molecule has 92 valence electrons. The third-order valence-corrected chi connectivity index (χ3v) is 2.07. The standard InChI is InChI=1S/C12H18N4O/c1-4-7-14-12(13-6-3)15-9-11-8-10(5-2)16-17-11/h1,8H,5-7,9H2,2-3H3,(H2,13,14,15). The van der Waals surface area contributed by atoms with E-state index in [1.807, 2.05) is 19.9 Å². The molecule has 2 N–H and O–H groups in total. The van der Waals surface area contributed by atoms with Crippen LogP contribution in [-0.2, 0) is 13.0 Å². The first kappa shape index (κ1) is 13.1. The van der Waals surface area contributed by atoms with Crippen LogP contribution in [0, 0.1) is 12.3 Å². The Balaban J connectivity index is 2.55. The molecule has 17 heavy (non-hydrogen) atoms. The van der Waals surface area contributed by atoms with E-state index < -0.39 is 0 Å². The van der Waals surface area contributed by atoms with Crippen molar-refractivity contribution in [1.29, 1.82) is 0 Å². The smallest absolute Gasteiger partial charge is 0.192 e. The Morgan fingerprint density at radius 1 is 1.53 bits per heavy atom. The zero-order valence-corrected chi connectivity index (χ0v) is 10.3. The lowest BCUT2D eigenvalue weighted by atomic mass is 10.3. The van der Waals surface area contributed by atoms with Gasteiger partial charge in [-0.05, 0) is 13.3 Å². The maximum atomic E-state index is 5.18. The lowest BCUT2D eigenvalue weighted by molar-refractivity contribution is 0.379. The number of nitrogens with zero attached hydrogens (tertiary/aromatic N) is 2. The molecule has 0 aliphatic rings. The second kappa shape index (κ2) is 7.34. The lowest BCUT2D eigenvalue weighted by Crippen LogP contribution is -2.37. The largest absolute Gasteiger partial charge is 0.359 e. The molecule has 0 aliphatic heterocycles. The number of terminal acetylenes is 1. The molecule has 5 heteroatoms. The molecule has 1 aromatic rings. The van der Waals surface area contributed by atoms with Crippen LogP contribution >= 0.6 is 0 Å². The van der Waals surface area contributed by atoms with Gasteiger partial charge in [0.05, 0.1) is 12.2 Å². The molecule has 0 aliphatic carbocycles. The Hall–Kier alpha value is -1.96. The molecule has 1 rings (SSSR count). The second-order valence-electron chi connectivity index (χ2n) is 3.39. The van der Waals surface area contributed by atoms with Gasteiger partial charge in [0, 0.05) is 12.6 Å². The van der Waals surface area contributed by atoms with Crippen molar-refractivity contribution >= 4 is 5.96 Å². The summed E-state index contributed by atoms with van der Waals surface area (Å²) in [4.78, 5) is 4.33. The summed E-state index contributed by atoms with van der Waals surface area (Å²) in [6, 6.07) is 1.91. The maximum absolute atomic E-state index is 5.18. The summed E-state index contributed by atoms with van der Waals surface area (Å²) < 4.78 is 5.14. The minimum atomic E-state index is 0.447. The van der Waals surface area contributed by atoms with Gasteiger partial charge in [-0.15, -0.1) is 6.42 Å². The predicted molar refractivity (Wildman–Crippen MR) is 67.5 cm³/mol. The topological polar surface area (TPSA) is 62.5 Å². The highest BCUT2D eigenvalue weighted by atomic mass is 16.5. The molecular weight excluding hydrogens is 216 g/mol. The molecule has 0 fully saturated rings. The summed E-state index contributed by atoms with van der Waals surface area (Å²) in [5.41, 5.74) is 0.941. The summed E-state index contributed by atoms with van der Waals surface area (Å²) in [6.45, 7) is 5.71. The van der Waals surface area contributed by atoms with Gasteiger partial charge in [0.25, 0.3) is 0 Å². The Kier molecular flexibility index (Phi) is 5.66. The number of aromatic nitrogens is 1. The maximum Gasteiger partial charge on any atom is 0.192 e. The number of hydrogen-bond donors (Lipinski definition) is 2. The number of rotatable bonds is 5. The van der Waals surface area contributed by atoms with E-state index in [-0.39, 0.29) is 0 Å². The summed E-state index contributed by atoms with van der Waals surface area (Å²) in [5, 5.41) is 10.00. The van der Waals surface area contributed by atoms with Gasteiger partial charge in [0.15, 0.2) is 11.7 Å². The Bertz CT molecular complexity index is 403. The van der Waals surface area contributed by atoms with E-state index in [1.165, 1.54) is 0 Å². The van der Waals surface area contributed by atoms with Crippen molar-refractivity contribution in [1.82, 2.24) is 15.8 Å². The summed E-state index contributed by atoms with van der Waals surface area (Å²) in [6.07, 6.45) is 6.04. The molecule has 1 aromatic heterocycles. The van der Waals surface area contributed by atoms with Crippen LogP contribution in [0.1, 0.15) is 25.3 Å². The quantitative estimate of drug-likeness (QED) is 0.452. The summed E-state index contributed by atoms with van der Waals surface area (Å²) in [7, 11) is 0. The lowest BCUT2D eigenvalue weighted by Gasteiger charge is -2.07. The molecule has 5 nitrogen and oxygen atoms in total. The molecule has 1 heterocycles. The molecule has 0 saturated carbocycles. The normalized spacial score (nSPS) is 11.0. The van der Waals surface area contributed by atoms with Crippen LogP contribution in [0.2, 0.25) is 0 Å². The first-order valence-corrected chi connectivity index (χ1v) is 5.70. The molecule has 0 unspecified atom stereocenters. The summed E-state index contributed by atoms with van der Waals surface area (Å²) >= 11 is 0. The number of aliphatic imine (C=N–C) groups is 1. The monoisotopic (exact) mass is 234 g/mol. The molecule has 0 spiro atoms. The Morgan fingerprint density at radius 3 is 2.94 bits per heavy atom. The fourth-order valence-corrected chi connectivity index (χ4v) is 1.23. The van der Waals surface area contributed by atoms with Crippen molar-refractivity contribution in [2.75, 3.05) is 13.1 Å². The van der Waals surface area contributed by atoms with Crippen LogP contribution in [0.3, 0.4) is 0 Å². The van der Waals surface area contributed by atoms with Crippen molar-refractivity contribution in [3.05, 3.63) is 17.5 Å². The second-order valence-corrected chi connectivity index (χ2v) is 3.39. The van der Waals surface area contributed by atoms with E-state index in [0.717, 1.165) is 24.4 Å². The molecule has 0 saturated heterocycles. The van der Waals surface area contributed by atoms with Crippen LogP contribution in [0.5, 0.6) is 0 Å². The third kappa shape index (κ3) is 4.60. The van der Waals surface area contributed by atoms with Crippen molar-refractivity contribution in [2.45, 2.75) is 26.8 Å². The van der Waals surface area contributed by atoms with Crippen LogP contribution in [-0.4, -0.2) is 24.2 Å². The average molecular weight is 234 g/mol. The van der Waals surface area contributed by atoms with Crippen LogP contribution in [0.15, 0.2) is 15.6 Å².